The molecule has 2 N–H and O–H groups in total. The highest BCUT2D eigenvalue weighted by Crippen LogP contribution is 2.38. The van der Waals surface area contributed by atoms with Crippen LogP contribution in [0.2, 0.25) is 0 Å². The molecule has 0 spiro atoms. The molecule has 5 heteroatoms. The van der Waals surface area contributed by atoms with Gasteiger partial charge < -0.3 is 10.6 Å². The van der Waals surface area contributed by atoms with E-state index in [1.165, 1.54) is 4.90 Å². The van der Waals surface area contributed by atoms with Crippen LogP contribution in [-0.2, 0) is 4.79 Å². The minimum atomic E-state index is -0.363. The lowest BCUT2D eigenvalue weighted by molar-refractivity contribution is -0.116. The van der Waals surface area contributed by atoms with Crippen molar-refractivity contribution in [2.75, 3.05) is 16.9 Å². The van der Waals surface area contributed by atoms with Crippen LogP contribution in [0.3, 0.4) is 0 Å². The van der Waals surface area contributed by atoms with Crippen molar-refractivity contribution in [3.05, 3.63) is 52.5 Å². The molecule has 0 saturated carbocycles. The van der Waals surface area contributed by atoms with Gasteiger partial charge in [0.25, 0.3) is 5.91 Å². The molecular weight excluding hydrogens is 336 g/mol. The highest BCUT2D eigenvalue weighted by Gasteiger charge is 2.32. The summed E-state index contributed by atoms with van der Waals surface area (Å²) in [5.74, 6) is -0.0264. The van der Waals surface area contributed by atoms with E-state index in [2.05, 4.69) is 32.6 Å². The Morgan fingerprint density at radius 3 is 2.85 bits per heavy atom. The summed E-state index contributed by atoms with van der Waals surface area (Å²) in [4.78, 5) is 13.3. The van der Waals surface area contributed by atoms with Crippen molar-refractivity contribution in [3.63, 3.8) is 0 Å². The van der Waals surface area contributed by atoms with Gasteiger partial charge in [0.1, 0.15) is 6.04 Å². The number of fused-ring (bicyclic) bond motifs is 1. The SMILES string of the molecule is CSc1cccc(NC2C(=O)Nc3cccc(Br)c32)c1. The number of hydrogen-bond acceptors (Lipinski definition) is 3. The summed E-state index contributed by atoms with van der Waals surface area (Å²) < 4.78 is 0.937. The van der Waals surface area contributed by atoms with Crippen molar-refractivity contribution in [1.82, 2.24) is 0 Å². The summed E-state index contributed by atoms with van der Waals surface area (Å²) in [5.41, 5.74) is 2.77. The number of benzene rings is 2. The third-order valence-corrected chi connectivity index (χ3v) is 4.66. The molecule has 0 fully saturated rings. The summed E-state index contributed by atoms with van der Waals surface area (Å²) in [6, 6.07) is 13.5. The molecule has 2 aromatic carbocycles. The van der Waals surface area contributed by atoms with E-state index < -0.39 is 0 Å². The van der Waals surface area contributed by atoms with Gasteiger partial charge in [0.15, 0.2) is 0 Å². The van der Waals surface area contributed by atoms with Crippen molar-refractivity contribution in [2.24, 2.45) is 0 Å². The van der Waals surface area contributed by atoms with Crippen LogP contribution < -0.4 is 10.6 Å². The van der Waals surface area contributed by atoms with Gasteiger partial charge in [0.2, 0.25) is 0 Å². The topological polar surface area (TPSA) is 41.1 Å². The number of carbonyl (C=O) groups excluding carboxylic acids is 1. The molecule has 102 valence electrons. The summed E-state index contributed by atoms with van der Waals surface area (Å²) in [5, 5.41) is 6.21. The zero-order valence-electron chi connectivity index (χ0n) is 10.8. The average molecular weight is 349 g/mol. The van der Waals surface area contributed by atoms with Gasteiger partial charge in [-0.3, -0.25) is 4.79 Å². The van der Waals surface area contributed by atoms with E-state index >= 15 is 0 Å². The number of amides is 1. The largest absolute Gasteiger partial charge is 0.370 e. The van der Waals surface area contributed by atoms with Gasteiger partial charge in [-0.25, -0.2) is 0 Å². The third kappa shape index (κ3) is 2.43. The molecule has 0 aromatic heterocycles. The minimum Gasteiger partial charge on any atom is -0.370 e. The van der Waals surface area contributed by atoms with E-state index in [1.807, 2.05) is 42.7 Å². The predicted octanol–water partition coefficient (Wildman–Crippen LogP) is 4.28. The number of anilines is 2. The summed E-state index contributed by atoms with van der Waals surface area (Å²) in [6.07, 6.45) is 2.03. The summed E-state index contributed by atoms with van der Waals surface area (Å²) >= 11 is 5.20. The minimum absolute atomic E-state index is 0.0264. The fraction of sp³-hybridized carbons (Fsp3) is 0.133. The molecule has 0 bridgehead atoms. The van der Waals surface area contributed by atoms with Gasteiger partial charge in [0.05, 0.1) is 0 Å². The van der Waals surface area contributed by atoms with Crippen LogP contribution in [0.25, 0.3) is 0 Å². The molecule has 1 unspecified atom stereocenters. The Morgan fingerprint density at radius 2 is 2.05 bits per heavy atom. The fourth-order valence-electron chi connectivity index (χ4n) is 2.29. The quantitative estimate of drug-likeness (QED) is 0.813. The maximum atomic E-state index is 12.1. The molecule has 3 nitrogen and oxygen atoms in total. The predicted molar refractivity (Wildman–Crippen MR) is 87.4 cm³/mol. The van der Waals surface area contributed by atoms with Gasteiger partial charge in [-0.1, -0.05) is 28.1 Å². The van der Waals surface area contributed by atoms with Gasteiger partial charge in [-0.05, 0) is 36.6 Å². The molecule has 0 aliphatic carbocycles. The monoisotopic (exact) mass is 348 g/mol. The molecule has 1 aliphatic heterocycles. The molecule has 1 heterocycles. The number of carbonyl (C=O) groups is 1. The van der Waals surface area contributed by atoms with Crippen molar-refractivity contribution in [1.29, 1.82) is 0 Å². The van der Waals surface area contributed by atoms with E-state index in [0.29, 0.717) is 0 Å². The molecule has 1 aliphatic rings. The zero-order chi connectivity index (χ0) is 14.1. The van der Waals surface area contributed by atoms with Crippen LogP contribution in [0.1, 0.15) is 11.6 Å². The lowest BCUT2D eigenvalue weighted by Crippen LogP contribution is -2.19. The second-order valence-electron chi connectivity index (χ2n) is 4.50. The number of thioether (sulfide) groups is 1. The number of halogens is 1. The van der Waals surface area contributed by atoms with E-state index in [-0.39, 0.29) is 11.9 Å². The van der Waals surface area contributed by atoms with Crippen LogP contribution in [0, 0.1) is 0 Å². The van der Waals surface area contributed by atoms with Crippen LogP contribution >= 0.6 is 27.7 Å². The van der Waals surface area contributed by atoms with E-state index in [0.717, 1.165) is 21.4 Å². The summed E-state index contributed by atoms with van der Waals surface area (Å²) in [7, 11) is 0. The van der Waals surface area contributed by atoms with Crippen LogP contribution in [0.15, 0.2) is 51.8 Å². The molecule has 0 saturated heterocycles. The van der Waals surface area contributed by atoms with Crippen molar-refractivity contribution in [3.8, 4) is 0 Å². The van der Waals surface area contributed by atoms with Crippen LogP contribution in [-0.4, -0.2) is 12.2 Å². The van der Waals surface area contributed by atoms with Crippen LogP contribution in [0.4, 0.5) is 11.4 Å². The number of hydrogen-bond donors (Lipinski definition) is 2. The Bertz CT molecular complexity index is 675. The summed E-state index contributed by atoms with van der Waals surface area (Å²) in [6.45, 7) is 0. The normalized spacial score (nSPS) is 16.7. The Morgan fingerprint density at radius 1 is 1.25 bits per heavy atom. The van der Waals surface area contributed by atoms with Gasteiger partial charge in [-0.15, -0.1) is 11.8 Å². The Balaban J connectivity index is 1.94. The molecule has 20 heavy (non-hydrogen) atoms. The number of rotatable bonds is 3. The lowest BCUT2D eigenvalue weighted by atomic mass is 10.1. The maximum absolute atomic E-state index is 12.1. The van der Waals surface area contributed by atoms with Gasteiger partial charge in [-0.2, -0.15) is 0 Å². The molecule has 1 atom stereocenters. The lowest BCUT2D eigenvalue weighted by Gasteiger charge is -2.14. The van der Waals surface area contributed by atoms with Crippen molar-refractivity contribution < 1.29 is 4.79 Å². The van der Waals surface area contributed by atoms with Crippen LogP contribution in [0.5, 0.6) is 0 Å². The Kier molecular flexibility index (Phi) is 3.72. The highest BCUT2D eigenvalue weighted by molar-refractivity contribution is 9.10. The maximum Gasteiger partial charge on any atom is 0.251 e. The molecule has 2 aromatic rings. The van der Waals surface area contributed by atoms with Gasteiger partial charge in [0, 0.05) is 26.3 Å². The second-order valence-corrected chi connectivity index (χ2v) is 6.23. The van der Waals surface area contributed by atoms with E-state index in [9.17, 15) is 4.79 Å². The Hall–Kier alpha value is -1.46. The Labute approximate surface area is 130 Å². The second kappa shape index (κ2) is 5.50. The first-order chi connectivity index (χ1) is 9.69. The zero-order valence-corrected chi connectivity index (χ0v) is 13.2. The molecular formula is C15H13BrN2OS. The van der Waals surface area contributed by atoms with Gasteiger partial charge >= 0.3 is 0 Å². The molecule has 1 amide bonds. The first-order valence-electron chi connectivity index (χ1n) is 6.19. The molecule has 0 radical (unpaired) electrons. The highest BCUT2D eigenvalue weighted by atomic mass is 79.9. The average Bonchev–Trinajstić information content (AvgIpc) is 2.77. The standard InChI is InChI=1S/C15H13BrN2OS/c1-20-10-5-2-4-9(8-10)17-14-13-11(16)6-3-7-12(13)18-15(14)19/h2-8,14,17H,1H3,(H,18,19). The first kappa shape index (κ1) is 13.5. The molecule has 3 rings (SSSR count). The smallest absolute Gasteiger partial charge is 0.251 e. The van der Waals surface area contributed by atoms with E-state index in [4.69, 9.17) is 0 Å². The fourth-order valence-corrected chi connectivity index (χ4v) is 3.35. The van der Waals surface area contributed by atoms with Crippen molar-refractivity contribution in [2.45, 2.75) is 10.9 Å². The van der Waals surface area contributed by atoms with E-state index in [1.54, 1.807) is 11.8 Å². The van der Waals surface area contributed by atoms with Crippen molar-refractivity contribution >= 4 is 45.0 Å². The number of nitrogens with one attached hydrogen (secondary N) is 2. The third-order valence-electron chi connectivity index (χ3n) is 3.24. The first-order valence-corrected chi connectivity index (χ1v) is 8.20.